The van der Waals surface area contributed by atoms with Crippen molar-refractivity contribution in [3.05, 3.63) is 29.7 Å². The van der Waals surface area contributed by atoms with E-state index in [1.807, 2.05) is 30.0 Å². The second kappa shape index (κ2) is 4.44. The fourth-order valence-electron chi connectivity index (χ4n) is 2.45. The SMILES string of the molecule is Cc1nc2cc(CC(=O)N3CCCC3)ccc2o1. The molecule has 4 heteroatoms. The quantitative estimate of drug-likeness (QED) is 0.814. The second-order valence-corrected chi connectivity index (χ2v) is 4.80. The minimum absolute atomic E-state index is 0.215. The Kier molecular flexibility index (Phi) is 2.78. The van der Waals surface area contributed by atoms with E-state index in [1.54, 1.807) is 0 Å². The summed E-state index contributed by atoms with van der Waals surface area (Å²) in [6.07, 6.45) is 2.72. The van der Waals surface area contributed by atoms with E-state index in [0.29, 0.717) is 12.3 Å². The van der Waals surface area contributed by atoms with Crippen LogP contribution in [0.4, 0.5) is 0 Å². The van der Waals surface area contributed by atoms with Crippen molar-refractivity contribution in [1.82, 2.24) is 9.88 Å². The maximum atomic E-state index is 12.0. The van der Waals surface area contributed by atoms with Gasteiger partial charge in [0.2, 0.25) is 5.91 Å². The van der Waals surface area contributed by atoms with Gasteiger partial charge in [-0.3, -0.25) is 4.79 Å². The average Bonchev–Trinajstić information content (AvgIpc) is 2.95. The van der Waals surface area contributed by atoms with Crippen molar-refractivity contribution in [2.45, 2.75) is 26.2 Å². The van der Waals surface area contributed by atoms with Crippen LogP contribution in [0, 0.1) is 6.92 Å². The van der Waals surface area contributed by atoms with E-state index in [1.165, 1.54) is 0 Å². The van der Waals surface area contributed by atoms with Crippen LogP contribution in [0.25, 0.3) is 11.1 Å². The first-order chi connectivity index (χ1) is 8.72. The Morgan fingerprint density at radius 1 is 1.39 bits per heavy atom. The van der Waals surface area contributed by atoms with Gasteiger partial charge in [-0.15, -0.1) is 0 Å². The number of aryl methyl sites for hydroxylation is 1. The number of likely N-dealkylation sites (tertiary alicyclic amines) is 1. The predicted octanol–water partition coefficient (Wildman–Crippen LogP) is 2.30. The fraction of sp³-hybridized carbons (Fsp3) is 0.429. The maximum Gasteiger partial charge on any atom is 0.226 e. The zero-order chi connectivity index (χ0) is 12.5. The standard InChI is InChI=1S/C14H16N2O2/c1-10-15-12-8-11(4-5-13(12)18-10)9-14(17)16-6-2-3-7-16/h4-5,8H,2-3,6-7,9H2,1H3. The van der Waals surface area contributed by atoms with Crippen molar-refractivity contribution in [2.24, 2.45) is 0 Å². The molecule has 1 aliphatic heterocycles. The van der Waals surface area contributed by atoms with Crippen LogP contribution < -0.4 is 0 Å². The van der Waals surface area contributed by atoms with Crippen LogP contribution in [0.3, 0.4) is 0 Å². The zero-order valence-corrected chi connectivity index (χ0v) is 10.5. The minimum Gasteiger partial charge on any atom is -0.441 e. The monoisotopic (exact) mass is 244 g/mol. The first-order valence-electron chi connectivity index (χ1n) is 6.36. The van der Waals surface area contributed by atoms with E-state index < -0.39 is 0 Å². The van der Waals surface area contributed by atoms with E-state index in [4.69, 9.17) is 4.42 Å². The van der Waals surface area contributed by atoms with Gasteiger partial charge in [0.25, 0.3) is 0 Å². The lowest BCUT2D eigenvalue weighted by Crippen LogP contribution is -2.29. The summed E-state index contributed by atoms with van der Waals surface area (Å²) in [5.41, 5.74) is 2.62. The largest absolute Gasteiger partial charge is 0.441 e. The molecule has 0 unspecified atom stereocenters. The number of carbonyl (C=O) groups excluding carboxylic acids is 1. The van der Waals surface area contributed by atoms with Crippen LogP contribution in [-0.4, -0.2) is 28.9 Å². The van der Waals surface area contributed by atoms with Gasteiger partial charge >= 0.3 is 0 Å². The number of nitrogens with zero attached hydrogens (tertiary/aromatic N) is 2. The summed E-state index contributed by atoms with van der Waals surface area (Å²) in [7, 11) is 0. The predicted molar refractivity (Wildman–Crippen MR) is 68.3 cm³/mol. The average molecular weight is 244 g/mol. The third-order valence-electron chi connectivity index (χ3n) is 3.37. The van der Waals surface area contributed by atoms with Crippen molar-refractivity contribution in [3.8, 4) is 0 Å². The minimum atomic E-state index is 0.215. The molecule has 0 spiro atoms. The van der Waals surface area contributed by atoms with Crippen molar-refractivity contribution in [1.29, 1.82) is 0 Å². The second-order valence-electron chi connectivity index (χ2n) is 4.80. The number of carbonyl (C=O) groups is 1. The molecule has 2 heterocycles. The maximum absolute atomic E-state index is 12.0. The molecule has 18 heavy (non-hydrogen) atoms. The third kappa shape index (κ3) is 2.10. The normalized spacial score (nSPS) is 15.5. The molecule has 1 aliphatic rings. The Morgan fingerprint density at radius 3 is 2.94 bits per heavy atom. The molecule has 1 fully saturated rings. The van der Waals surface area contributed by atoms with Crippen LogP contribution in [0.1, 0.15) is 24.3 Å². The van der Waals surface area contributed by atoms with Crippen molar-refractivity contribution in [3.63, 3.8) is 0 Å². The van der Waals surface area contributed by atoms with Crippen LogP contribution in [0.15, 0.2) is 22.6 Å². The van der Waals surface area contributed by atoms with Gasteiger partial charge in [0.05, 0.1) is 6.42 Å². The lowest BCUT2D eigenvalue weighted by molar-refractivity contribution is -0.129. The lowest BCUT2D eigenvalue weighted by Gasteiger charge is -2.14. The third-order valence-corrected chi connectivity index (χ3v) is 3.37. The highest BCUT2D eigenvalue weighted by Gasteiger charge is 2.18. The Hall–Kier alpha value is -1.84. The summed E-state index contributed by atoms with van der Waals surface area (Å²) in [6, 6.07) is 5.78. The molecule has 0 bridgehead atoms. The summed E-state index contributed by atoms with van der Waals surface area (Å²) in [5, 5.41) is 0. The fourth-order valence-corrected chi connectivity index (χ4v) is 2.45. The highest BCUT2D eigenvalue weighted by Crippen LogP contribution is 2.18. The number of amides is 1. The highest BCUT2D eigenvalue weighted by molar-refractivity contribution is 5.81. The van der Waals surface area contributed by atoms with Crippen molar-refractivity contribution < 1.29 is 9.21 Å². The first kappa shape index (κ1) is 11.3. The Labute approximate surface area is 106 Å². The molecule has 1 aromatic heterocycles. The summed E-state index contributed by atoms with van der Waals surface area (Å²) < 4.78 is 5.42. The van der Waals surface area contributed by atoms with Crippen molar-refractivity contribution in [2.75, 3.05) is 13.1 Å². The topological polar surface area (TPSA) is 46.3 Å². The highest BCUT2D eigenvalue weighted by atomic mass is 16.3. The molecular weight excluding hydrogens is 228 g/mol. The number of oxazole rings is 1. The van der Waals surface area contributed by atoms with E-state index in [9.17, 15) is 4.79 Å². The molecule has 3 rings (SSSR count). The number of aromatic nitrogens is 1. The molecule has 0 aliphatic carbocycles. The number of hydrogen-bond acceptors (Lipinski definition) is 3. The molecule has 0 atom stereocenters. The van der Waals surface area contributed by atoms with Gasteiger partial charge in [0, 0.05) is 20.0 Å². The van der Waals surface area contributed by atoms with E-state index >= 15 is 0 Å². The van der Waals surface area contributed by atoms with E-state index in [0.717, 1.165) is 42.6 Å². The summed E-state index contributed by atoms with van der Waals surface area (Å²) in [5.74, 6) is 0.875. The Morgan fingerprint density at radius 2 is 2.17 bits per heavy atom. The van der Waals surface area contributed by atoms with Gasteiger partial charge in [0.1, 0.15) is 5.52 Å². The summed E-state index contributed by atoms with van der Waals surface area (Å²) in [4.78, 5) is 18.3. The van der Waals surface area contributed by atoms with Gasteiger partial charge < -0.3 is 9.32 Å². The summed E-state index contributed by atoms with van der Waals surface area (Å²) >= 11 is 0. The van der Waals surface area contributed by atoms with Crippen LogP contribution >= 0.6 is 0 Å². The zero-order valence-electron chi connectivity index (χ0n) is 10.5. The first-order valence-corrected chi connectivity index (χ1v) is 6.36. The molecular formula is C14H16N2O2. The van der Waals surface area contributed by atoms with Crippen LogP contribution in [0.5, 0.6) is 0 Å². The number of hydrogen-bond donors (Lipinski definition) is 0. The number of benzene rings is 1. The van der Waals surface area contributed by atoms with E-state index in [-0.39, 0.29) is 5.91 Å². The molecule has 1 amide bonds. The smallest absolute Gasteiger partial charge is 0.226 e. The van der Waals surface area contributed by atoms with Crippen molar-refractivity contribution >= 4 is 17.0 Å². The van der Waals surface area contributed by atoms with Gasteiger partial charge in [-0.1, -0.05) is 6.07 Å². The Balaban J connectivity index is 1.79. The molecule has 1 aromatic carbocycles. The van der Waals surface area contributed by atoms with Gasteiger partial charge in [-0.05, 0) is 30.5 Å². The van der Waals surface area contributed by atoms with Crippen LogP contribution in [0.2, 0.25) is 0 Å². The molecule has 2 aromatic rings. The van der Waals surface area contributed by atoms with E-state index in [2.05, 4.69) is 4.98 Å². The van der Waals surface area contributed by atoms with Crippen LogP contribution in [-0.2, 0) is 11.2 Å². The molecule has 0 radical (unpaired) electrons. The molecule has 0 saturated carbocycles. The molecule has 1 saturated heterocycles. The summed E-state index contributed by atoms with van der Waals surface area (Å²) in [6.45, 7) is 3.64. The molecule has 4 nitrogen and oxygen atoms in total. The lowest BCUT2D eigenvalue weighted by atomic mass is 10.1. The molecule has 94 valence electrons. The molecule has 0 N–H and O–H groups in total. The van der Waals surface area contributed by atoms with Gasteiger partial charge in [-0.2, -0.15) is 0 Å². The number of rotatable bonds is 2. The Bertz CT molecular complexity index is 582. The van der Waals surface area contributed by atoms with Gasteiger partial charge in [0.15, 0.2) is 11.5 Å². The number of fused-ring (bicyclic) bond motifs is 1. The van der Waals surface area contributed by atoms with Gasteiger partial charge in [-0.25, -0.2) is 4.98 Å².